The average Bonchev–Trinajstić information content (AvgIpc) is 3.86. The van der Waals surface area contributed by atoms with Crippen LogP contribution in [0.25, 0.3) is 60.6 Å². The topological polar surface area (TPSA) is 21.3 Å². The maximum atomic E-state index is 6.57. The van der Waals surface area contributed by atoms with Gasteiger partial charge in [-0.15, -0.1) is 0 Å². The standard InChI is InChI=1S/C52H40N2O/c1-2-11-36(12-3-1)54-46-18-8-5-13-39(46)40-23-21-37(30-48(40)54)53(38-22-24-42-41-14-6-9-20-49(41)55-50(42)31-38)47-19-10-17-45-51(47)43-15-4-7-16-44(43)52(45)34-26-32-25-33(28-34)29-35(52)27-32/h1-24,30-35H,25-29H2. The van der Waals surface area contributed by atoms with E-state index in [-0.39, 0.29) is 5.41 Å². The van der Waals surface area contributed by atoms with Crippen LogP contribution in [-0.2, 0) is 5.41 Å². The van der Waals surface area contributed by atoms with E-state index < -0.39 is 0 Å². The fourth-order valence-electron chi connectivity index (χ4n) is 12.6. The van der Waals surface area contributed by atoms with E-state index in [1.54, 1.807) is 11.1 Å². The molecule has 0 radical (unpaired) electrons. The molecule has 2 aromatic heterocycles. The summed E-state index contributed by atoms with van der Waals surface area (Å²) in [7, 11) is 0. The molecule has 0 amide bonds. The van der Waals surface area contributed by atoms with E-state index in [0.717, 1.165) is 45.1 Å². The molecular formula is C52H40N2O. The largest absolute Gasteiger partial charge is 0.456 e. The minimum atomic E-state index is 0.0907. The van der Waals surface area contributed by atoms with Crippen LogP contribution in [0.4, 0.5) is 17.1 Å². The van der Waals surface area contributed by atoms with Crippen molar-refractivity contribution in [3.63, 3.8) is 0 Å². The molecule has 0 aliphatic heterocycles. The molecule has 264 valence electrons. The first-order chi connectivity index (χ1) is 27.2. The zero-order valence-corrected chi connectivity index (χ0v) is 30.7. The molecule has 55 heavy (non-hydrogen) atoms. The van der Waals surface area contributed by atoms with Gasteiger partial charge in [0, 0.05) is 55.7 Å². The number of furan rings is 1. The number of hydrogen-bond acceptors (Lipinski definition) is 2. The van der Waals surface area contributed by atoms with Crippen LogP contribution in [0, 0.1) is 23.7 Å². The van der Waals surface area contributed by atoms with E-state index in [1.165, 1.54) is 76.4 Å². The Kier molecular flexibility index (Phi) is 6.06. The molecule has 3 heteroatoms. The van der Waals surface area contributed by atoms with Crippen molar-refractivity contribution < 1.29 is 4.42 Å². The molecule has 5 aliphatic rings. The molecule has 4 bridgehead atoms. The van der Waals surface area contributed by atoms with Gasteiger partial charge in [-0.05, 0) is 127 Å². The monoisotopic (exact) mass is 708 g/mol. The molecular weight excluding hydrogens is 669 g/mol. The maximum absolute atomic E-state index is 6.57. The van der Waals surface area contributed by atoms with Gasteiger partial charge in [0.05, 0.1) is 16.7 Å². The SMILES string of the molecule is c1ccc(-n2c3ccccc3c3ccc(N(c4ccc5c(c4)oc4ccccc45)c4cccc5c4-c4ccccc4C54C5CC6CC(C5)CC4C6)cc32)cc1. The van der Waals surface area contributed by atoms with Crippen molar-refractivity contribution in [3.05, 3.63) is 169 Å². The molecule has 5 aliphatic carbocycles. The summed E-state index contributed by atoms with van der Waals surface area (Å²) < 4.78 is 9.01. The van der Waals surface area contributed by atoms with E-state index in [1.807, 2.05) is 0 Å². The number of hydrogen-bond donors (Lipinski definition) is 0. The lowest BCUT2D eigenvalue weighted by molar-refractivity contribution is -0.0399. The molecule has 7 aromatic carbocycles. The third-order valence-corrected chi connectivity index (χ3v) is 14.3. The molecule has 1 spiro atoms. The van der Waals surface area contributed by atoms with Crippen LogP contribution in [-0.4, -0.2) is 4.57 Å². The first-order valence-electron chi connectivity index (χ1n) is 20.3. The number of nitrogens with zero attached hydrogens (tertiary/aromatic N) is 2. The summed E-state index contributed by atoms with van der Waals surface area (Å²) in [6, 6.07) is 58.7. The second-order valence-electron chi connectivity index (χ2n) is 16.9. The predicted molar refractivity (Wildman–Crippen MR) is 226 cm³/mol. The molecule has 0 saturated heterocycles. The van der Waals surface area contributed by atoms with E-state index >= 15 is 0 Å². The fourth-order valence-corrected chi connectivity index (χ4v) is 12.6. The molecule has 4 saturated carbocycles. The summed E-state index contributed by atoms with van der Waals surface area (Å²) in [4.78, 5) is 2.53. The summed E-state index contributed by atoms with van der Waals surface area (Å²) in [6.45, 7) is 0. The van der Waals surface area contributed by atoms with Gasteiger partial charge in [-0.3, -0.25) is 0 Å². The lowest BCUT2D eigenvalue weighted by Crippen LogP contribution is -2.55. The molecule has 4 fully saturated rings. The van der Waals surface area contributed by atoms with Gasteiger partial charge in [0.15, 0.2) is 0 Å². The summed E-state index contributed by atoms with van der Waals surface area (Å²) in [5.74, 6) is 3.23. The minimum absolute atomic E-state index is 0.0907. The van der Waals surface area contributed by atoms with E-state index in [4.69, 9.17) is 4.42 Å². The van der Waals surface area contributed by atoms with Crippen molar-refractivity contribution in [2.45, 2.75) is 37.5 Å². The lowest BCUT2D eigenvalue weighted by Gasteiger charge is -2.61. The molecule has 0 atom stereocenters. The minimum Gasteiger partial charge on any atom is -0.456 e. The van der Waals surface area contributed by atoms with Gasteiger partial charge in [0.25, 0.3) is 0 Å². The van der Waals surface area contributed by atoms with Gasteiger partial charge >= 0.3 is 0 Å². The maximum Gasteiger partial charge on any atom is 0.137 e. The van der Waals surface area contributed by atoms with Gasteiger partial charge in [0.2, 0.25) is 0 Å². The molecule has 9 aromatic rings. The Hall–Kier alpha value is -6.06. The highest BCUT2D eigenvalue weighted by atomic mass is 16.3. The van der Waals surface area contributed by atoms with Crippen molar-refractivity contribution in [2.75, 3.05) is 4.90 Å². The van der Waals surface area contributed by atoms with Crippen LogP contribution >= 0.6 is 0 Å². The van der Waals surface area contributed by atoms with Crippen LogP contribution in [0.1, 0.15) is 43.2 Å². The van der Waals surface area contributed by atoms with Crippen molar-refractivity contribution in [3.8, 4) is 16.8 Å². The molecule has 2 heterocycles. The summed E-state index contributed by atoms with van der Waals surface area (Å²) >= 11 is 0. The van der Waals surface area contributed by atoms with Gasteiger partial charge in [-0.1, -0.05) is 97.1 Å². The molecule has 3 nitrogen and oxygen atoms in total. The van der Waals surface area contributed by atoms with Crippen LogP contribution in [0.2, 0.25) is 0 Å². The van der Waals surface area contributed by atoms with Gasteiger partial charge < -0.3 is 13.9 Å². The van der Waals surface area contributed by atoms with Gasteiger partial charge in [-0.2, -0.15) is 0 Å². The quantitative estimate of drug-likeness (QED) is 0.181. The second-order valence-corrected chi connectivity index (χ2v) is 16.9. The Labute approximate surface area is 320 Å². The Balaban J connectivity index is 1.10. The van der Waals surface area contributed by atoms with E-state index in [0.29, 0.717) is 11.8 Å². The van der Waals surface area contributed by atoms with Crippen LogP contribution < -0.4 is 4.90 Å². The number of fused-ring (bicyclic) bond motifs is 9. The smallest absolute Gasteiger partial charge is 0.137 e. The highest BCUT2D eigenvalue weighted by Gasteiger charge is 2.61. The van der Waals surface area contributed by atoms with Crippen molar-refractivity contribution in [1.29, 1.82) is 0 Å². The van der Waals surface area contributed by atoms with Crippen molar-refractivity contribution >= 4 is 60.8 Å². The summed E-state index contributed by atoms with van der Waals surface area (Å²) in [6.07, 6.45) is 6.95. The zero-order valence-electron chi connectivity index (χ0n) is 30.7. The molecule has 14 rings (SSSR count). The van der Waals surface area contributed by atoms with E-state index in [2.05, 4.69) is 167 Å². The van der Waals surface area contributed by atoms with Gasteiger partial charge in [-0.25, -0.2) is 0 Å². The van der Waals surface area contributed by atoms with Crippen molar-refractivity contribution in [2.24, 2.45) is 23.7 Å². The van der Waals surface area contributed by atoms with Crippen molar-refractivity contribution in [1.82, 2.24) is 4.57 Å². The van der Waals surface area contributed by atoms with Crippen LogP contribution in [0.15, 0.2) is 162 Å². The number of para-hydroxylation sites is 3. The Morgan fingerprint density at radius 2 is 1.13 bits per heavy atom. The Bertz CT molecular complexity index is 2990. The summed E-state index contributed by atoms with van der Waals surface area (Å²) in [5.41, 5.74) is 15.0. The third-order valence-electron chi connectivity index (χ3n) is 14.3. The summed E-state index contributed by atoms with van der Waals surface area (Å²) in [5, 5.41) is 4.83. The zero-order chi connectivity index (χ0) is 35.8. The molecule has 0 unspecified atom stereocenters. The fraction of sp³-hybridized carbons (Fsp3) is 0.192. The first-order valence-corrected chi connectivity index (χ1v) is 20.3. The van der Waals surface area contributed by atoms with Crippen LogP contribution in [0.5, 0.6) is 0 Å². The second kappa shape index (κ2) is 11.0. The van der Waals surface area contributed by atoms with E-state index in [9.17, 15) is 0 Å². The number of anilines is 3. The first kappa shape index (κ1) is 30.3. The normalized spacial score (nSPS) is 23.3. The number of benzene rings is 7. The highest BCUT2D eigenvalue weighted by Crippen LogP contribution is 2.70. The van der Waals surface area contributed by atoms with Crippen LogP contribution in [0.3, 0.4) is 0 Å². The number of rotatable bonds is 4. The Morgan fingerprint density at radius 1 is 0.491 bits per heavy atom. The van der Waals surface area contributed by atoms with Gasteiger partial charge in [0.1, 0.15) is 11.2 Å². The predicted octanol–water partition coefficient (Wildman–Crippen LogP) is 13.9. The Morgan fingerprint density at radius 3 is 1.96 bits per heavy atom. The lowest BCUT2D eigenvalue weighted by atomic mass is 9.43. The third kappa shape index (κ3) is 4.01. The number of aromatic nitrogens is 1. The molecule has 0 N–H and O–H groups in total. The highest BCUT2D eigenvalue weighted by molar-refractivity contribution is 6.11. The average molecular weight is 709 g/mol.